The summed E-state index contributed by atoms with van der Waals surface area (Å²) in [5.41, 5.74) is 0.738. The average Bonchev–Trinajstić information content (AvgIpc) is 3.28. The van der Waals surface area contributed by atoms with Crippen LogP contribution in [0.25, 0.3) is 11.0 Å². The fourth-order valence-electron chi connectivity index (χ4n) is 4.43. The first-order valence-electron chi connectivity index (χ1n) is 9.18. The number of aromatic amines is 1. The summed E-state index contributed by atoms with van der Waals surface area (Å²) in [5, 5.41) is 10.00. The fourth-order valence-corrected chi connectivity index (χ4v) is 4.43. The number of carbonyl (C=O) groups is 1. The van der Waals surface area contributed by atoms with Crippen LogP contribution >= 0.6 is 0 Å². The van der Waals surface area contributed by atoms with Crippen LogP contribution in [-0.2, 0) is 16.4 Å². The molecule has 4 rings (SSSR count). The molecule has 1 heterocycles. The van der Waals surface area contributed by atoms with Crippen LogP contribution in [0.15, 0.2) is 36.4 Å². The van der Waals surface area contributed by atoms with Crippen LogP contribution in [0.4, 0.5) is 17.6 Å². The maximum atomic E-state index is 14.1. The second-order valence-electron chi connectivity index (χ2n) is 7.60. The summed E-state index contributed by atoms with van der Waals surface area (Å²) >= 11 is 0. The minimum Gasteiger partial charge on any atom is -0.481 e. The summed E-state index contributed by atoms with van der Waals surface area (Å²) < 4.78 is 52.7. The van der Waals surface area contributed by atoms with Gasteiger partial charge in [0.2, 0.25) is 5.82 Å². The largest absolute Gasteiger partial charge is 0.481 e. The van der Waals surface area contributed by atoms with E-state index in [1.165, 1.54) is 18.2 Å². The molecular weight excluding hydrogens is 388 g/mol. The lowest BCUT2D eigenvalue weighted by atomic mass is 9.75. The van der Waals surface area contributed by atoms with Crippen molar-refractivity contribution in [2.75, 3.05) is 0 Å². The first-order chi connectivity index (χ1) is 13.6. The minimum atomic E-state index is -4.57. The van der Waals surface area contributed by atoms with E-state index in [1.54, 1.807) is 25.1 Å². The first-order valence-corrected chi connectivity index (χ1v) is 9.18. The molecule has 2 aromatic carbocycles. The lowest BCUT2D eigenvalue weighted by Gasteiger charge is -2.27. The molecule has 152 valence electrons. The van der Waals surface area contributed by atoms with Crippen molar-refractivity contribution >= 4 is 17.0 Å². The van der Waals surface area contributed by atoms with Crippen molar-refractivity contribution in [1.29, 1.82) is 0 Å². The topological polar surface area (TPSA) is 66.0 Å². The number of imidazole rings is 1. The Kier molecular flexibility index (Phi) is 4.40. The van der Waals surface area contributed by atoms with E-state index in [-0.39, 0.29) is 23.4 Å². The van der Waals surface area contributed by atoms with Gasteiger partial charge in [-0.05, 0) is 67.0 Å². The van der Waals surface area contributed by atoms with Crippen molar-refractivity contribution in [2.45, 2.75) is 43.7 Å². The summed E-state index contributed by atoms with van der Waals surface area (Å²) in [5.74, 6) is -2.71. The van der Waals surface area contributed by atoms with Crippen molar-refractivity contribution < 1.29 is 27.5 Å². The minimum absolute atomic E-state index is 0.171. The van der Waals surface area contributed by atoms with Gasteiger partial charge in [0.1, 0.15) is 5.82 Å². The fraction of sp³-hybridized carbons (Fsp3) is 0.333. The number of carboxylic acid groups (broad SMARTS) is 1. The average molecular weight is 406 g/mol. The number of benzene rings is 2. The van der Waals surface area contributed by atoms with Crippen LogP contribution in [0.1, 0.15) is 47.7 Å². The van der Waals surface area contributed by atoms with E-state index in [0.717, 1.165) is 5.56 Å². The summed E-state index contributed by atoms with van der Waals surface area (Å²) in [6.07, 6.45) is -3.46. The molecule has 3 aromatic rings. The summed E-state index contributed by atoms with van der Waals surface area (Å²) in [4.78, 5) is 18.1. The normalized spacial score (nSPS) is 22.3. The van der Waals surface area contributed by atoms with E-state index >= 15 is 0 Å². The number of fused-ring (bicyclic) bond motifs is 1. The van der Waals surface area contributed by atoms with Gasteiger partial charge in [0.25, 0.3) is 0 Å². The van der Waals surface area contributed by atoms with E-state index in [0.29, 0.717) is 24.0 Å². The van der Waals surface area contributed by atoms with E-state index < -0.39 is 29.2 Å². The summed E-state index contributed by atoms with van der Waals surface area (Å²) in [7, 11) is 0. The number of carboxylic acids is 1. The highest BCUT2D eigenvalue weighted by molar-refractivity contribution is 5.83. The molecule has 0 spiro atoms. The third-order valence-corrected chi connectivity index (χ3v) is 5.95. The second-order valence-corrected chi connectivity index (χ2v) is 7.60. The standard InChI is InChI=1S/C21H18F4N2O2/c1-11-14(3-2-4-15(11)22)20(19(28)29)8-7-13(10-20)12-5-6-16-17(9-12)27-18(26-16)21(23,24)25/h2-6,9,13H,7-8,10H2,1H3,(H,26,27)(H,28,29). The van der Waals surface area contributed by atoms with E-state index in [9.17, 15) is 27.5 Å². The van der Waals surface area contributed by atoms with Gasteiger partial charge < -0.3 is 10.1 Å². The molecule has 0 amide bonds. The monoisotopic (exact) mass is 406 g/mol. The van der Waals surface area contributed by atoms with E-state index in [2.05, 4.69) is 9.97 Å². The van der Waals surface area contributed by atoms with Crippen molar-refractivity contribution in [3.05, 3.63) is 64.7 Å². The molecule has 8 heteroatoms. The maximum absolute atomic E-state index is 14.1. The molecule has 1 aliphatic rings. The maximum Gasteiger partial charge on any atom is 0.449 e. The molecule has 1 saturated carbocycles. The molecular formula is C21H18F4N2O2. The number of nitrogens with one attached hydrogen (secondary N) is 1. The van der Waals surface area contributed by atoms with Crippen molar-refractivity contribution in [2.24, 2.45) is 0 Å². The van der Waals surface area contributed by atoms with Gasteiger partial charge in [-0.3, -0.25) is 4.79 Å². The highest BCUT2D eigenvalue weighted by atomic mass is 19.4. The number of aromatic nitrogens is 2. The van der Waals surface area contributed by atoms with Gasteiger partial charge in [-0.15, -0.1) is 0 Å². The van der Waals surface area contributed by atoms with Crippen LogP contribution < -0.4 is 0 Å². The number of aliphatic carboxylic acids is 1. The molecule has 1 fully saturated rings. The van der Waals surface area contributed by atoms with Crippen LogP contribution in [0.2, 0.25) is 0 Å². The Morgan fingerprint density at radius 3 is 2.72 bits per heavy atom. The van der Waals surface area contributed by atoms with Gasteiger partial charge in [0.15, 0.2) is 0 Å². The number of nitrogens with zero attached hydrogens (tertiary/aromatic N) is 1. The molecule has 2 unspecified atom stereocenters. The molecule has 0 bridgehead atoms. The van der Waals surface area contributed by atoms with Gasteiger partial charge in [-0.1, -0.05) is 18.2 Å². The van der Waals surface area contributed by atoms with Gasteiger partial charge in [0.05, 0.1) is 16.4 Å². The zero-order valence-corrected chi connectivity index (χ0v) is 15.5. The quantitative estimate of drug-likeness (QED) is 0.579. The Morgan fingerprint density at radius 1 is 1.28 bits per heavy atom. The molecule has 1 aliphatic carbocycles. The predicted molar refractivity (Wildman–Crippen MR) is 98.1 cm³/mol. The molecule has 4 nitrogen and oxygen atoms in total. The second kappa shape index (κ2) is 6.57. The molecule has 0 saturated heterocycles. The number of H-pyrrole nitrogens is 1. The van der Waals surface area contributed by atoms with Crippen molar-refractivity contribution in [1.82, 2.24) is 9.97 Å². The van der Waals surface area contributed by atoms with Crippen LogP contribution in [0, 0.1) is 12.7 Å². The first kappa shape index (κ1) is 19.4. The Bertz CT molecular complexity index is 1110. The highest BCUT2D eigenvalue weighted by Crippen LogP contribution is 2.50. The third kappa shape index (κ3) is 3.16. The zero-order valence-electron chi connectivity index (χ0n) is 15.5. The molecule has 1 aromatic heterocycles. The Balaban J connectivity index is 1.71. The Labute approximate surface area is 163 Å². The number of hydrogen-bond acceptors (Lipinski definition) is 2. The Morgan fingerprint density at radius 2 is 2.03 bits per heavy atom. The molecule has 29 heavy (non-hydrogen) atoms. The Hall–Kier alpha value is -2.90. The van der Waals surface area contributed by atoms with Gasteiger partial charge in [-0.2, -0.15) is 13.2 Å². The predicted octanol–water partition coefficient (Wildman–Crippen LogP) is 5.32. The van der Waals surface area contributed by atoms with Gasteiger partial charge in [-0.25, -0.2) is 9.37 Å². The molecule has 0 aliphatic heterocycles. The van der Waals surface area contributed by atoms with Crippen molar-refractivity contribution in [3.8, 4) is 0 Å². The molecule has 2 N–H and O–H groups in total. The summed E-state index contributed by atoms with van der Waals surface area (Å²) in [6.45, 7) is 1.57. The van der Waals surface area contributed by atoms with Crippen LogP contribution in [0.3, 0.4) is 0 Å². The third-order valence-electron chi connectivity index (χ3n) is 5.95. The summed E-state index contributed by atoms with van der Waals surface area (Å²) in [6, 6.07) is 9.23. The van der Waals surface area contributed by atoms with Gasteiger partial charge in [0, 0.05) is 0 Å². The zero-order chi connectivity index (χ0) is 21.0. The van der Waals surface area contributed by atoms with Gasteiger partial charge >= 0.3 is 12.1 Å². The molecule has 2 atom stereocenters. The number of hydrogen-bond donors (Lipinski definition) is 2. The lowest BCUT2D eigenvalue weighted by Crippen LogP contribution is -2.34. The van der Waals surface area contributed by atoms with Crippen LogP contribution in [-0.4, -0.2) is 21.0 Å². The van der Waals surface area contributed by atoms with E-state index in [1.807, 2.05) is 0 Å². The SMILES string of the molecule is Cc1c(F)cccc1C1(C(=O)O)CCC(c2ccc3nc(C(F)(F)F)[nH]c3c2)C1. The van der Waals surface area contributed by atoms with Crippen LogP contribution in [0.5, 0.6) is 0 Å². The number of alkyl halides is 3. The number of rotatable bonds is 3. The highest BCUT2D eigenvalue weighted by Gasteiger charge is 2.48. The number of halogens is 4. The lowest BCUT2D eigenvalue weighted by molar-refractivity contribution is -0.144. The smallest absolute Gasteiger partial charge is 0.449 e. The van der Waals surface area contributed by atoms with E-state index in [4.69, 9.17) is 0 Å². The van der Waals surface area contributed by atoms with Crippen molar-refractivity contribution in [3.63, 3.8) is 0 Å². The molecule has 0 radical (unpaired) electrons.